The monoisotopic (exact) mass is 199 g/mol. The molecule has 0 saturated heterocycles. The lowest BCUT2D eigenvalue weighted by Crippen LogP contribution is -2.34. The Kier molecular flexibility index (Phi) is 3.90. The molecule has 0 radical (unpaired) electrons. The van der Waals surface area contributed by atoms with E-state index in [1.807, 2.05) is 6.07 Å². The normalized spacial score (nSPS) is 16.1. The zero-order valence-electron chi connectivity index (χ0n) is 8.10. The molecule has 13 heavy (non-hydrogen) atoms. The first-order valence-corrected chi connectivity index (χ1v) is 5.44. The third-order valence-corrected chi connectivity index (χ3v) is 3.24. The molecular formula is C10H17NOS. The molecule has 2 atom stereocenters. The van der Waals surface area contributed by atoms with Crippen LogP contribution in [-0.2, 0) is 0 Å². The van der Waals surface area contributed by atoms with E-state index in [-0.39, 0.29) is 18.6 Å². The van der Waals surface area contributed by atoms with Crippen LogP contribution < -0.4 is 5.73 Å². The van der Waals surface area contributed by atoms with Crippen LogP contribution >= 0.6 is 11.3 Å². The van der Waals surface area contributed by atoms with Crippen LogP contribution in [-0.4, -0.2) is 17.8 Å². The van der Waals surface area contributed by atoms with Crippen LogP contribution in [0.25, 0.3) is 0 Å². The first-order chi connectivity index (χ1) is 6.16. The van der Waals surface area contributed by atoms with Gasteiger partial charge in [0.05, 0.1) is 6.61 Å². The van der Waals surface area contributed by atoms with Crippen LogP contribution in [0.5, 0.6) is 0 Å². The second kappa shape index (κ2) is 4.74. The zero-order chi connectivity index (χ0) is 9.84. The molecule has 0 fully saturated rings. The van der Waals surface area contributed by atoms with Crippen LogP contribution in [0, 0.1) is 5.92 Å². The predicted molar refractivity (Wildman–Crippen MR) is 57.0 cm³/mol. The second-order valence-corrected chi connectivity index (χ2v) is 4.61. The van der Waals surface area contributed by atoms with Gasteiger partial charge in [-0.3, -0.25) is 0 Å². The SMILES string of the molecule is CC(C)C(c1cccs1)C(N)CO. The van der Waals surface area contributed by atoms with E-state index in [0.717, 1.165) is 0 Å². The van der Waals surface area contributed by atoms with Gasteiger partial charge in [0.1, 0.15) is 0 Å². The van der Waals surface area contributed by atoms with Crippen molar-refractivity contribution in [2.45, 2.75) is 25.8 Å². The van der Waals surface area contributed by atoms with E-state index >= 15 is 0 Å². The first-order valence-electron chi connectivity index (χ1n) is 4.56. The lowest BCUT2D eigenvalue weighted by atomic mass is 9.88. The van der Waals surface area contributed by atoms with Crippen molar-refractivity contribution in [1.29, 1.82) is 0 Å². The Morgan fingerprint density at radius 2 is 2.23 bits per heavy atom. The number of nitrogens with two attached hydrogens (primary N) is 1. The Balaban J connectivity index is 2.80. The van der Waals surface area contributed by atoms with E-state index in [1.165, 1.54) is 4.88 Å². The van der Waals surface area contributed by atoms with Crippen molar-refractivity contribution in [3.63, 3.8) is 0 Å². The van der Waals surface area contributed by atoms with E-state index in [4.69, 9.17) is 10.8 Å². The molecule has 2 nitrogen and oxygen atoms in total. The van der Waals surface area contributed by atoms with Crippen LogP contribution in [0.4, 0.5) is 0 Å². The van der Waals surface area contributed by atoms with Gasteiger partial charge in [-0.15, -0.1) is 11.3 Å². The smallest absolute Gasteiger partial charge is 0.0588 e. The molecule has 74 valence electrons. The molecule has 0 aliphatic heterocycles. The maximum absolute atomic E-state index is 9.03. The lowest BCUT2D eigenvalue weighted by molar-refractivity contribution is 0.233. The number of hydrogen-bond donors (Lipinski definition) is 2. The van der Waals surface area contributed by atoms with Gasteiger partial charge in [-0.2, -0.15) is 0 Å². The highest BCUT2D eigenvalue weighted by Gasteiger charge is 2.23. The van der Waals surface area contributed by atoms with Gasteiger partial charge in [0.2, 0.25) is 0 Å². The molecule has 0 spiro atoms. The molecular weight excluding hydrogens is 182 g/mol. The fraction of sp³-hybridized carbons (Fsp3) is 0.600. The molecule has 0 aromatic carbocycles. The minimum absolute atomic E-state index is 0.0563. The molecule has 0 bridgehead atoms. The number of hydrogen-bond acceptors (Lipinski definition) is 3. The van der Waals surface area contributed by atoms with Gasteiger partial charge in [-0.1, -0.05) is 19.9 Å². The summed E-state index contributed by atoms with van der Waals surface area (Å²) in [5.74, 6) is 0.755. The summed E-state index contributed by atoms with van der Waals surface area (Å²) >= 11 is 1.71. The van der Waals surface area contributed by atoms with E-state index in [9.17, 15) is 0 Å². The Bertz CT molecular complexity index is 233. The molecule has 0 saturated carbocycles. The summed E-state index contributed by atoms with van der Waals surface area (Å²) in [6.45, 7) is 4.33. The summed E-state index contributed by atoms with van der Waals surface area (Å²) in [6.07, 6.45) is 0. The Hall–Kier alpha value is -0.380. The Morgan fingerprint density at radius 1 is 1.54 bits per heavy atom. The highest BCUT2D eigenvalue weighted by molar-refractivity contribution is 7.10. The van der Waals surface area contributed by atoms with Crippen LogP contribution in [0.3, 0.4) is 0 Å². The number of thiophene rings is 1. The summed E-state index contributed by atoms with van der Waals surface area (Å²) in [6, 6.07) is 3.98. The average Bonchev–Trinajstić information content (AvgIpc) is 2.56. The van der Waals surface area contributed by atoms with Gasteiger partial charge in [0.15, 0.2) is 0 Å². The van der Waals surface area contributed by atoms with Crippen molar-refractivity contribution in [2.24, 2.45) is 11.7 Å². The molecule has 1 aromatic rings. The average molecular weight is 199 g/mol. The predicted octanol–water partition coefficient (Wildman–Crippen LogP) is 1.81. The van der Waals surface area contributed by atoms with Crippen molar-refractivity contribution in [3.05, 3.63) is 22.4 Å². The van der Waals surface area contributed by atoms with Gasteiger partial charge in [-0.05, 0) is 17.4 Å². The minimum atomic E-state index is -0.140. The molecule has 0 aliphatic rings. The molecule has 1 rings (SSSR count). The molecule has 1 aromatic heterocycles. The van der Waals surface area contributed by atoms with Crippen molar-refractivity contribution in [1.82, 2.24) is 0 Å². The number of aliphatic hydroxyl groups excluding tert-OH is 1. The van der Waals surface area contributed by atoms with Crippen molar-refractivity contribution < 1.29 is 5.11 Å². The molecule has 0 aliphatic carbocycles. The molecule has 1 heterocycles. The summed E-state index contributed by atoms with van der Waals surface area (Å²) in [4.78, 5) is 1.27. The van der Waals surface area contributed by atoms with E-state index < -0.39 is 0 Å². The minimum Gasteiger partial charge on any atom is -0.395 e. The summed E-state index contributed by atoms with van der Waals surface area (Å²) in [7, 11) is 0. The summed E-state index contributed by atoms with van der Waals surface area (Å²) < 4.78 is 0. The van der Waals surface area contributed by atoms with Crippen LogP contribution in [0.2, 0.25) is 0 Å². The van der Waals surface area contributed by atoms with Crippen molar-refractivity contribution >= 4 is 11.3 Å². The lowest BCUT2D eigenvalue weighted by Gasteiger charge is -2.24. The largest absolute Gasteiger partial charge is 0.395 e. The zero-order valence-corrected chi connectivity index (χ0v) is 8.92. The topological polar surface area (TPSA) is 46.2 Å². The van der Waals surface area contributed by atoms with E-state index in [2.05, 4.69) is 25.3 Å². The maximum Gasteiger partial charge on any atom is 0.0588 e. The third kappa shape index (κ3) is 2.53. The number of aliphatic hydroxyl groups is 1. The van der Waals surface area contributed by atoms with E-state index in [0.29, 0.717) is 5.92 Å². The highest BCUT2D eigenvalue weighted by Crippen LogP contribution is 2.30. The summed E-state index contributed by atoms with van der Waals surface area (Å²) in [5, 5.41) is 11.1. The van der Waals surface area contributed by atoms with Crippen molar-refractivity contribution in [3.8, 4) is 0 Å². The third-order valence-electron chi connectivity index (χ3n) is 2.26. The Morgan fingerprint density at radius 3 is 2.62 bits per heavy atom. The fourth-order valence-electron chi connectivity index (χ4n) is 1.63. The van der Waals surface area contributed by atoms with Gasteiger partial charge >= 0.3 is 0 Å². The van der Waals surface area contributed by atoms with Crippen LogP contribution in [0.15, 0.2) is 17.5 Å². The second-order valence-electron chi connectivity index (χ2n) is 3.63. The highest BCUT2D eigenvalue weighted by atomic mass is 32.1. The first kappa shape index (κ1) is 10.7. The standard InChI is InChI=1S/C10H17NOS/c1-7(2)10(8(11)6-12)9-4-3-5-13-9/h3-5,7-8,10,12H,6,11H2,1-2H3. The van der Waals surface area contributed by atoms with Gasteiger partial charge in [-0.25, -0.2) is 0 Å². The van der Waals surface area contributed by atoms with Gasteiger partial charge in [0, 0.05) is 16.8 Å². The molecule has 3 N–H and O–H groups in total. The molecule has 2 unspecified atom stereocenters. The van der Waals surface area contributed by atoms with Gasteiger partial charge < -0.3 is 10.8 Å². The maximum atomic E-state index is 9.03. The van der Waals surface area contributed by atoms with E-state index in [1.54, 1.807) is 11.3 Å². The van der Waals surface area contributed by atoms with Crippen LogP contribution in [0.1, 0.15) is 24.6 Å². The molecule has 0 amide bonds. The Labute approximate surface area is 83.4 Å². The molecule has 3 heteroatoms. The number of rotatable bonds is 4. The summed E-state index contributed by atoms with van der Waals surface area (Å²) in [5.41, 5.74) is 5.87. The van der Waals surface area contributed by atoms with Gasteiger partial charge in [0.25, 0.3) is 0 Å². The quantitative estimate of drug-likeness (QED) is 0.777. The fourth-order valence-corrected chi connectivity index (χ4v) is 2.70. The van der Waals surface area contributed by atoms with Crippen molar-refractivity contribution in [2.75, 3.05) is 6.61 Å².